The van der Waals surface area contributed by atoms with Gasteiger partial charge in [-0.1, -0.05) is 406 Å². The molecule has 0 N–H and O–H groups in total. The molecular formula is C120H78N10. The Kier molecular flexibility index (Phi) is 19.0. The maximum atomic E-state index is 5.54. The average Bonchev–Trinajstić information content (AvgIpc) is 1.54. The van der Waals surface area contributed by atoms with Gasteiger partial charge in [-0.05, 0) is 133 Å². The van der Waals surface area contributed by atoms with E-state index in [-0.39, 0.29) is 0 Å². The van der Waals surface area contributed by atoms with Crippen LogP contribution >= 0.6 is 0 Å². The van der Waals surface area contributed by atoms with Gasteiger partial charge in [0.25, 0.3) is 0 Å². The topological polar surface area (TPSA) is 97.1 Å². The molecule has 608 valence electrons. The van der Waals surface area contributed by atoms with Crippen LogP contribution < -0.4 is 0 Å². The zero-order valence-corrected chi connectivity index (χ0v) is 70.5. The molecule has 130 heavy (non-hydrogen) atoms. The van der Waals surface area contributed by atoms with Gasteiger partial charge in [0.05, 0.1) is 44.1 Å². The minimum absolute atomic E-state index is 0.537. The van der Waals surface area contributed by atoms with E-state index in [1.54, 1.807) is 0 Å². The third kappa shape index (κ3) is 13.4. The normalized spacial score (nSPS) is 11.5. The molecule has 0 radical (unpaired) electrons. The molecule has 0 spiro atoms. The first-order chi connectivity index (χ1) is 64.5. The molecule has 0 aliphatic carbocycles. The van der Waals surface area contributed by atoms with E-state index in [1.807, 2.05) is 42.5 Å². The van der Waals surface area contributed by atoms with Gasteiger partial charge in [0.2, 0.25) is 11.9 Å². The average molecular weight is 1660 g/mol. The van der Waals surface area contributed by atoms with E-state index >= 15 is 0 Å². The molecule has 0 atom stereocenters. The van der Waals surface area contributed by atoms with E-state index in [0.717, 1.165) is 155 Å². The highest BCUT2D eigenvalue weighted by Gasteiger charge is 2.32. The summed E-state index contributed by atoms with van der Waals surface area (Å²) in [6.07, 6.45) is 0. The molecule has 0 unspecified atom stereocenters. The fourth-order valence-electron chi connectivity index (χ4n) is 19.3. The third-order valence-electron chi connectivity index (χ3n) is 25.1. The van der Waals surface area contributed by atoms with Gasteiger partial charge < -0.3 is 9.13 Å². The van der Waals surface area contributed by atoms with Crippen LogP contribution in [0, 0.1) is 0 Å². The molecule has 0 aliphatic rings. The number of para-hydroxylation sites is 6. The van der Waals surface area contributed by atoms with E-state index in [1.165, 1.54) is 44.2 Å². The molecule has 0 bridgehead atoms. The van der Waals surface area contributed by atoms with E-state index < -0.39 is 0 Å². The Morgan fingerprint density at radius 3 is 0.792 bits per heavy atom. The number of hydrogen-bond donors (Lipinski definition) is 0. The summed E-state index contributed by atoms with van der Waals surface area (Å²) in [6, 6.07) is 167. The summed E-state index contributed by atoms with van der Waals surface area (Å²) in [5.74, 6) is 3.48. The van der Waals surface area contributed by atoms with E-state index in [9.17, 15) is 0 Å². The molecule has 19 aromatic carbocycles. The van der Waals surface area contributed by atoms with Crippen molar-refractivity contribution in [3.63, 3.8) is 0 Å². The van der Waals surface area contributed by atoms with Gasteiger partial charge in [-0.15, -0.1) is 0 Å². The summed E-state index contributed by atoms with van der Waals surface area (Å²) in [5.41, 5.74) is 30.4. The molecule has 10 nitrogen and oxygen atoms in total. The molecule has 0 aliphatic heterocycles. The standard InChI is InChI=1S/C63H41N5.C57H37N5/c1-6-21-42(22-7-1)43-37-39-44(40-38-43)48-29-20-30-49(41-48)62-64-61(47-27-12-4-13-28-47)65-63(66-62)68-54-36-19-17-34-52(54)58-56(46-25-10-3-11-26-46)55(45-23-8-2-9-24-45)57-51-33-16-18-35-53(51)67(59(57)60(58)68)50-31-14-5-15-32-50;1-5-18-38(19-6-1)39-32-34-40(35-33-39)43-24-17-25-44(36-43)56-58-55(42-22-9-3-10-23-42)59-57(60-56)62-50-30-15-13-28-46(50)49-37-48(41-20-7-2-8-21-41)52-47-29-14-16-31-51(47)61(54(52)53(49)62)45-26-11-4-12-27-45/h1-41H;1-37H. The maximum Gasteiger partial charge on any atom is 0.238 e. The van der Waals surface area contributed by atoms with Crippen LogP contribution in [0.25, 0.3) is 234 Å². The Morgan fingerprint density at radius 2 is 0.400 bits per heavy atom. The zero-order chi connectivity index (χ0) is 86.0. The molecule has 0 fully saturated rings. The second-order valence-electron chi connectivity index (χ2n) is 32.8. The molecular weight excluding hydrogens is 1580 g/mol. The van der Waals surface area contributed by atoms with Crippen molar-refractivity contribution >= 4 is 87.2 Å². The van der Waals surface area contributed by atoms with E-state index in [0.29, 0.717) is 35.2 Å². The van der Waals surface area contributed by atoms with Gasteiger partial charge in [0.1, 0.15) is 0 Å². The van der Waals surface area contributed by atoms with Crippen molar-refractivity contribution in [2.75, 3.05) is 0 Å². The van der Waals surface area contributed by atoms with Crippen LogP contribution in [0.3, 0.4) is 0 Å². The molecule has 0 amide bonds. The lowest BCUT2D eigenvalue weighted by molar-refractivity contribution is 0.953. The van der Waals surface area contributed by atoms with Crippen LogP contribution in [0.2, 0.25) is 0 Å². The van der Waals surface area contributed by atoms with Gasteiger partial charge in [0.15, 0.2) is 23.3 Å². The molecule has 25 aromatic rings. The summed E-state index contributed by atoms with van der Waals surface area (Å²) in [5, 5.41) is 9.16. The van der Waals surface area contributed by atoms with E-state index in [4.69, 9.17) is 29.9 Å². The van der Waals surface area contributed by atoms with Gasteiger partial charge in [-0.2, -0.15) is 19.9 Å². The fourth-order valence-corrected chi connectivity index (χ4v) is 19.3. The Bertz CT molecular complexity index is 8580. The number of benzene rings is 19. The summed E-state index contributed by atoms with van der Waals surface area (Å²) in [7, 11) is 0. The first kappa shape index (κ1) is 76.1. The Morgan fingerprint density at radius 1 is 0.146 bits per heavy atom. The highest BCUT2D eigenvalue weighted by Crippen LogP contribution is 2.53. The van der Waals surface area contributed by atoms with E-state index in [2.05, 4.69) is 449 Å². The van der Waals surface area contributed by atoms with Crippen molar-refractivity contribution in [1.29, 1.82) is 0 Å². The van der Waals surface area contributed by atoms with Crippen LogP contribution in [0.4, 0.5) is 0 Å². The van der Waals surface area contributed by atoms with Crippen LogP contribution in [0.15, 0.2) is 473 Å². The SMILES string of the molecule is c1ccc(-c2ccc(-c3cccc(-c4nc(-c5ccccc5)nc(-n5c6ccccc6c6c(-c7ccccc7)c(-c7ccccc7)c7c8ccccc8n(-c8ccccc8)c7c65)n4)c3)cc2)cc1.c1ccc(-c2ccc(-c3cccc(-c4nc(-c5ccccc5)nc(-n5c6ccccc6c6cc(-c7ccccc7)c7c8ccccc8n(-c8ccccc8)c7c65)n4)c3)cc2)cc1. The van der Waals surface area contributed by atoms with Gasteiger partial charge >= 0.3 is 0 Å². The smallest absolute Gasteiger partial charge is 0.238 e. The minimum Gasteiger partial charge on any atom is -0.307 e. The lowest BCUT2D eigenvalue weighted by atomic mass is 9.87. The Hall–Kier alpha value is -17.6. The number of nitrogens with zero attached hydrogens (tertiary/aromatic N) is 10. The highest BCUT2D eigenvalue weighted by atomic mass is 15.2. The van der Waals surface area contributed by atoms with Crippen molar-refractivity contribution in [2.24, 2.45) is 0 Å². The molecule has 6 heterocycles. The monoisotopic (exact) mass is 1660 g/mol. The van der Waals surface area contributed by atoms with Crippen molar-refractivity contribution < 1.29 is 0 Å². The van der Waals surface area contributed by atoms with Gasteiger partial charge in [-0.3, -0.25) is 9.13 Å². The predicted molar refractivity (Wildman–Crippen MR) is 537 cm³/mol. The van der Waals surface area contributed by atoms with Gasteiger partial charge in [-0.25, -0.2) is 9.97 Å². The second-order valence-corrected chi connectivity index (χ2v) is 32.8. The Balaban J connectivity index is 0.000000145. The van der Waals surface area contributed by atoms with Crippen molar-refractivity contribution in [2.45, 2.75) is 0 Å². The van der Waals surface area contributed by atoms with Gasteiger partial charge in [0, 0.05) is 87.8 Å². The van der Waals surface area contributed by atoms with Crippen LogP contribution in [-0.4, -0.2) is 48.2 Å². The first-order valence-corrected chi connectivity index (χ1v) is 44.0. The predicted octanol–water partition coefficient (Wildman–Crippen LogP) is 30.5. The number of aromatic nitrogens is 10. The summed E-state index contributed by atoms with van der Waals surface area (Å²) < 4.78 is 9.43. The summed E-state index contributed by atoms with van der Waals surface area (Å²) >= 11 is 0. The second kappa shape index (κ2) is 32.5. The molecule has 0 saturated carbocycles. The summed E-state index contributed by atoms with van der Waals surface area (Å²) in [6.45, 7) is 0. The highest BCUT2D eigenvalue weighted by molar-refractivity contribution is 6.34. The minimum atomic E-state index is 0.537. The quantitative estimate of drug-likeness (QED) is 0.101. The van der Waals surface area contributed by atoms with Crippen LogP contribution in [0.1, 0.15) is 0 Å². The lowest BCUT2D eigenvalue weighted by Gasteiger charge is -2.18. The third-order valence-corrected chi connectivity index (χ3v) is 25.1. The molecule has 25 rings (SSSR count). The summed E-state index contributed by atoms with van der Waals surface area (Å²) in [4.78, 5) is 32.3. The maximum absolute atomic E-state index is 5.54. The Labute approximate surface area is 750 Å². The molecule has 6 aromatic heterocycles. The first-order valence-electron chi connectivity index (χ1n) is 44.0. The number of fused-ring (bicyclic) bond motifs is 14. The molecule has 10 heteroatoms. The fraction of sp³-hybridized carbons (Fsp3) is 0. The van der Waals surface area contributed by atoms with Crippen molar-refractivity contribution in [3.8, 4) is 147 Å². The zero-order valence-electron chi connectivity index (χ0n) is 70.5. The van der Waals surface area contributed by atoms with Crippen molar-refractivity contribution in [1.82, 2.24) is 48.2 Å². The van der Waals surface area contributed by atoms with Crippen LogP contribution in [0.5, 0.6) is 0 Å². The molecule has 0 saturated heterocycles. The van der Waals surface area contributed by atoms with Crippen LogP contribution in [-0.2, 0) is 0 Å². The van der Waals surface area contributed by atoms with Crippen molar-refractivity contribution in [3.05, 3.63) is 473 Å². The lowest BCUT2D eigenvalue weighted by Crippen LogP contribution is -2.07. The number of hydrogen-bond acceptors (Lipinski definition) is 6. The largest absolute Gasteiger partial charge is 0.307 e. The number of rotatable bonds is 15.